The predicted octanol–water partition coefficient (Wildman–Crippen LogP) is 4.76. The van der Waals surface area contributed by atoms with E-state index < -0.39 is 17.7 Å². The van der Waals surface area contributed by atoms with E-state index in [0.717, 1.165) is 0 Å². The summed E-state index contributed by atoms with van der Waals surface area (Å²) in [6, 6.07) is 2.93. The normalized spacial score (nSPS) is 13.0. The molecule has 3 nitrogen and oxygen atoms in total. The molecule has 0 amide bonds. The molecule has 0 spiro atoms. The average molecular weight is 326 g/mol. The Labute approximate surface area is 127 Å². The first-order valence-corrected chi connectivity index (χ1v) is 6.77. The van der Waals surface area contributed by atoms with E-state index in [9.17, 15) is 4.79 Å². The second-order valence-electron chi connectivity index (χ2n) is 4.99. The maximum absolute atomic E-state index is 11.8. The maximum atomic E-state index is 11.8. The van der Waals surface area contributed by atoms with Crippen LogP contribution in [0, 0.1) is 0 Å². The van der Waals surface area contributed by atoms with Gasteiger partial charge in [0.25, 0.3) is 0 Å². The van der Waals surface area contributed by atoms with Crippen LogP contribution in [-0.2, 0) is 9.53 Å². The van der Waals surface area contributed by atoms with Gasteiger partial charge in [-0.3, -0.25) is 0 Å². The summed E-state index contributed by atoms with van der Waals surface area (Å²) in [6.07, 6.45) is -0.797. The van der Waals surface area contributed by atoms with Crippen LogP contribution < -0.4 is 4.74 Å². The minimum atomic E-state index is -0.797. The molecule has 0 saturated carbocycles. The number of ether oxygens (including phenoxy) is 2. The molecule has 6 heteroatoms. The van der Waals surface area contributed by atoms with Gasteiger partial charge in [-0.2, -0.15) is 0 Å². The molecule has 0 saturated heterocycles. The molecular weight excluding hydrogens is 310 g/mol. The highest BCUT2D eigenvalue weighted by atomic mass is 35.5. The molecule has 0 aromatic heterocycles. The molecule has 0 heterocycles. The van der Waals surface area contributed by atoms with Crippen molar-refractivity contribution in [3.8, 4) is 5.75 Å². The Morgan fingerprint density at radius 2 is 1.63 bits per heavy atom. The lowest BCUT2D eigenvalue weighted by Crippen LogP contribution is -2.33. The summed E-state index contributed by atoms with van der Waals surface area (Å²) in [5.74, 6) is -0.191. The lowest BCUT2D eigenvalue weighted by atomic mass is 10.2. The van der Waals surface area contributed by atoms with Crippen LogP contribution in [0.4, 0.5) is 0 Å². The maximum Gasteiger partial charge on any atom is 0.347 e. The number of benzene rings is 1. The Morgan fingerprint density at radius 1 is 1.11 bits per heavy atom. The fourth-order valence-electron chi connectivity index (χ4n) is 1.22. The van der Waals surface area contributed by atoms with Crippen LogP contribution in [0.1, 0.15) is 27.7 Å². The van der Waals surface area contributed by atoms with Crippen LogP contribution in [-0.4, -0.2) is 17.7 Å². The second kappa shape index (κ2) is 6.21. The van der Waals surface area contributed by atoms with Crippen molar-refractivity contribution >= 4 is 40.8 Å². The largest absolute Gasteiger partial charge is 0.477 e. The molecule has 1 atom stereocenters. The van der Waals surface area contributed by atoms with E-state index in [0.29, 0.717) is 10.0 Å². The van der Waals surface area contributed by atoms with E-state index in [-0.39, 0.29) is 10.8 Å². The van der Waals surface area contributed by atoms with Gasteiger partial charge in [0.05, 0.1) is 15.1 Å². The van der Waals surface area contributed by atoms with E-state index in [2.05, 4.69) is 0 Å². The van der Waals surface area contributed by atoms with Crippen LogP contribution in [0.5, 0.6) is 5.75 Å². The number of halogens is 3. The van der Waals surface area contributed by atoms with Crippen molar-refractivity contribution in [2.45, 2.75) is 39.4 Å². The molecule has 0 aliphatic carbocycles. The van der Waals surface area contributed by atoms with Crippen LogP contribution >= 0.6 is 34.8 Å². The van der Waals surface area contributed by atoms with Crippen molar-refractivity contribution in [1.29, 1.82) is 0 Å². The van der Waals surface area contributed by atoms with Crippen LogP contribution in [0.25, 0.3) is 0 Å². The van der Waals surface area contributed by atoms with Gasteiger partial charge < -0.3 is 9.47 Å². The zero-order valence-electron chi connectivity index (χ0n) is 11.1. The Bertz CT molecular complexity index is 481. The highest BCUT2D eigenvalue weighted by Gasteiger charge is 2.23. The summed E-state index contributed by atoms with van der Waals surface area (Å²) in [4.78, 5) is 11.8. The van der Waals surface area contributed by atoms with E-state index in [1.54, 1.807) is 27.7 Å². The fourth-order valence-corrected chi connectivity index (χ4v) is 1.80. The number of carbonyl (C=O) groups excluding carboxylic acids is 1. The molecule has 106 valence electrons. The van der Waals surface area contributed by atoms with Crippen LogP contribution in [0.3, 0.4) is 0 Å². The number of carbonyl (C=O) groups is 1. The van der Waals surface area contributed by atoms with Gasteiger partial charge in [-0.05, 0) is 33.8 Å². The highest BCUT2D eigenvalue weighted by Crippen LogP contribution is 2.34. The molecule has 0 radical (unpaired) electrons. The van der Waals surface area contributed by atoms with E-state index >= 15 is 0 Å². The topological polar surface area (TPSA) is 35.5 Å². The summed E-state index contributed by atoms with van der Waals surface area (Å²) in [5.41, 5.74) is -0.573. The zero-order chi connectivity index (χ0) is 14.8. The smallest absolute Gasteiger partial charge is 0.347 e. The van der Waals surface area contributed by atoms with Crippen molar-refractivity contribution in [2.24, 2.45) is 0 Å². The molecule has 19 heavy (non-hydrogen) atoms. The summed E-state index contributed by atoms with van der Waals surface area (Å²) >= 11 is 17.6. The Morgan fingerprint density at radius 3 is 2.16 bits per heavy atom. The second-order valence-corrected chi connectivity index (χ2v) is 6.21. The van der Waals surface area contributed by atoms with Gasteiger partial charge >= 0.3 is 5.97 Å². The van der Waals surface area contributed by atoms with Gasteiger partial charge in [0.1, 0.15) is 11.4 Å². The molecule has 0 fully saturated rings. The van der Waals surface area contributed by atoms with Gasteiger partial charge in [-0.15, -0.1) is 0 Å². The van der Waals surface area contributed by atoms with Gasteiger partial charge in [-0.1, -0.05) is 34.8 Å². The standard InChI is InChI=1S/C13H15Cl3O3/c1-7(12(17)19-13(2,3)4)18-11-6-9(15)8(14)5-10(11)16/h5-7H,1-4H3. The molecule has 1 unspecified atom stereocenters. The predicted molar refractivity (Wildman–Crippen MR) is 77.4 cm³/mol. The quantitative estimate of drug-likeness (QED) is 0.594. The number of rotatable bonds is 3. The van der Waals surface area contributed by atoms with Gasteiger partial charge in [0, 0.05) is 6.07 Å². The summed E-state index contributed by atoms with van der Waals surface area (Å²) < 4.78 is 10.6. The van der Waals surface area contributed by atoms with Crippen molar-refractivity contribution in [3.05, 3.63) is 27.2 Å². The van der Waals surface area contributed by atoms with Gasteiger partial charge in [0.2, 0.25) is 0 Å². The Kier molecular flexibility index (Phi) is 5.36. The van der Waals surface area contributed by atoms with Crippen molar-refractivity contribution < 1.29 is 14.3 Å². The third-order valence-corrected chi connectivity index (χ3v) is 3.03. The third-order valence-electron chi connectivity index (χ3n) is 2.02. The van der Waals surface area contributed by atoms with E-state index in [4.69, 9.17) is 44.3 Å². The molecule has 1 aromatic carbocycles. The fraction of sp³-hybridized carbons (Fsp3) is 0.462. The summed E-state index contributed by atoms with van der Waals surface area (Å²) in [6.45, 7) is 6.92. The molecule has 1 aromatic rings. The molecule has 0 N–H and O–H groups in total. The van der Waals surface area contributed by atoms with Crippen LogP contribution in [0.2, 0.25) is 15.1 Å². The SMILES string of the molecule is CC(Oc1cc(Cl)c(Cl)cc1Cl)C(=O)OC(C)(C)C. The Balaban J connectivity index is 2.80. The Hall–Kier alpha value is -0.640. The molecule has 0 aliphatic rings. The summed E-state index contributed by atoms with van der Waals surface area (Å²) in [5, 5.41) is 0.909. The lowest BCUT2D eigenvalue weighted by Gasteiger charge is -2.23. The number of esters is 1. The monoisotopic (exact) mass is 324 g/mol. The van der Waals surface area contributed by atoms with Crippen LogP contribution in [0.15, 0.2) is 12.1 Å². The molecular formula is C13H15Cl3O3. The first kappa shape index (κ1) is 16.4. The number of hydrogen-bond acceptors (Lipinski definition) is 3. The van der Waals surface area contributed by atoms with Gasteiger partial charge in [0.15, 0.2) is 6.10 Å². The van der Waals surface area contributed by atoms with E-state index in [1.165, 1.54) is 12.1 Å². The van der Waals surface area contributed by atoms with Crippen molar-refractivity contribution in [1.82, 2.24) is 0 Å². The molecule has 0 bridgehead atoms. The highest BCUT2D eigenvalue weighted by molar-refractivity contribution is 6.43. The first-order chi connectivity index (χ1) is 8.60. The average Bonchev–Trinajstić information content (AvgIpc) is 2.23. The van der Waals surface area contributed by atoms with Gasteiger partial charge in [-0.25, -0.2) is 4.79 Å². The van der Waals surface area contributed by atoms with Crippen molar-refractivity contribution in [3.63, 3.8) is 0 Å². The summed E-state index contributed by atoms with van der Waals surface area (Å²) in [7, 11) is 0. The van der Waals surface area contributed by atoms with E-state index in [1.807, 2.05) is 0 Å². The number of hydrogen-bond donors (Lipinski definition) is 0. The first-order valence-electron chi connectivity index (χ1n) is 5.64. The van der Waals surface area contributed by atoms with Crippen molar-refractivity contribution in [2.75, 3.05) is 0 Å². The zero-order valence-corrected chi connectivity index (χ0v) is 13.4. The minimum Gasteiger partial charge on any atom is -0.477 e. The third kappa shape index (κ3) is 5.09. The molecule has 0 aliphatic heterocycles. The minimum absolute atomic E-state index is 0.282. The lowest BCUT2D eigenvalue weighted by molar-refractivity contribution is -0.162. The molecule has 1 rings (SSSR count).